The molecule has 0 aliphatic carbocycles. The molecule has 6 heteroatoms. The molecule has 2 heterocycles. The standard InChI is InChI=1S/C23H26N4O2/c1-16-12-17(13-24)14-26(16)23(28)20-15-27(18-8-4-3-5-9-18)25-22(20)19-10-6-7-11-21(19)29-2/h3-11,15-17H,12-14,24H2,1-2H3. The third-order valence-corrected chi connectivity index (χ3v) is 5.58. The summed E-state index contributed by atoms with van der Waals surface area (Å²) < 4.78 is 7.30. The van der Waals surface area contributed by atoms with Crippen LogP contribution in [-0.2, 0) is 0 Å². The summed E-state index contributed by atoms with van der Waals surface area (Å²) in [6.07, 6.45) is 2.75. The first-order valence-electron chi connectivity index (χ1n) is 9.92. The molecule has 2 unspecified atom stereocenters. The first kappa shape index (κ1) is 19.2. The number of likely N-dealkylation sites (tertiary alicyclic amines) is 1. The molecule has 2 N–H and O–H groups in total. The average molecular weight is 390 g/mol. The Bertz CT molecular complexity index is 999. The van der Waals surface area contributed by atoms with E-state index in [4.69, 9.17) is 15.6 Å². The number of carbonyl (C=O) groups excluding carboxylic acids is 1. The Hall–Kier alpha value is -3.12. The second-order valence-electron chi connectivity index (χ2n) is 7.52. The number of benzene rings is 2. The lowest BCUT2D eigenvalue weighted by Gasteiger charge is -2.21. The quantitative estimate of drug-likeness (QED) is 0.725. The molecule has 0 radical (unpaired) electrons. The minimum Gasteiger partial charge on any atom is -0.496 e. The Morgan fingerprint density at radius 1 is 1.17 bits per heavy atom. The van der Waals surface area contributed by atoms with Gasteiger partial charge in [0.1, 0.15) is 11.4 Å². The highest BCUT2D eigenvalue weighted by molar-refractivity contribution is 6.00. The molecule has 2 atom stereocenters. The summed E-state index contributed by atoms with van der Waals surface area (Å²) in [5, 5.41) is 4.78. The van der Waals surface area contributed by atoms with Gasteiger partial charge in [0.25, 0.3) is 5.91 Å². The minimum absolute atomic E-state index is 0.0171. The highest BCUT2D eigenvalue weighted by Gasteiger charge is 2.34. The van der Waals surface area contributed by atoms with Crippen LogP contribution < -0.4 is 10.5 Å². The number of methoxy groups -OCH3 is 1. The topological polar surface area (TPSA) is 73.4 Å². The normalized spacial score (nSPS) is 18.8. The molecule has 1 saturated heterocycles. The molecule has 1 amide bonds. The van der Waals surface area contributed by atoms with Gasteiger partial charge in [-0.25, -0.2) is 4.68 Å². The number of ether oxygens (including phenoxy) is 1. The van der Waals surface area contributed by atoms with Crippen molar-refractivity contribution in [3.8, 4) is 22.7 Å². The molecule has 3 aromatic rings. The number of hydrogen-bond donors (Lipinski definition) is 1. The van der Waals surface area contributed by atoms with Crippen molar-refractivity contribution in [1.82, 2.24) is 14.7 Å². The van der Waals surface area contributed by atoms with E-state index in [0.717, 1.165) is 17.7 Å². The third-order valence-electron chi connectivity index (χ3n) is 5.58. The Balaban J connectivity index is 1.81. The maximum Gasteiger partial charge on any atom is 0.257 e. The number of amides is 1. The van der Waals surface area contributed by atoms with Crippen molar-refractivity contribution in [2.24, 2.45) is 11.7 Å². The molecule has 1 fully saturated rings. The van der Waals surface area contributed by atoms with Gasteiger partial charge in [0.05, 0.1) is 18.4 Å². The van der Waals surface area contributed by atoms with Gasteiger partial charge in [0.2, 0.25) is 0 Å². The van der Waals surface area contributed by atoms with Crippen LogP contribution in [0, 0.1) is 5.92 Å². The number of nitrogens with zero attached hydrogens (tertiary/aromatic N) is 3. The summed E-state index contributed by atoms with van der Waals surface area (Å²) in [5.74, 6) is 1.01. The highest BCUT2D eigenvalue weighted by atomic mass is 16.5. The van der Waals surface area contributed by atoms with E-state index < -0.39 is 0 Å². The summed E-state index contributed by atoms with van der Waals surface area (Å²) in [6.45, 7) is 3.35. The van der Waals surface area contributed by atoms with Gasteiger partial charge in [-0.15, -0.1) is 0 Å². The SMILES string of the molecule is COc1ccccc1-c1nn(-c2ccccc2)cc1C(=O)N1CC(CN)CC1C. The molecule has 0 saturated carbocycles. The van der Waals surface area contributed by atoms with Gasteiger partial charge in [-0.2, -0.15) is 5.10 Å². The van der Waals surface area contributed by atoms with Crippen LogP contribution in [0.3, 0.4) is 0 Å². The van der Waals surface area contributed by atoms with Crippen LogP contribution in [0.5, 0.6) is 5.75 Å². The molecule has 2 aromatic carbocycles. The zero-order valence-electron chi connectivity index (χ0n) is 16.8. The smallest absolute Gasteiger partial charge is 0.257 e. The fourth-order valence-corrected chi connectivity index (χ4v) is 4.03. The van der Waals surface area contributed by atoms with E-state index in [-0.39, 0.29) is 11.9 Å². The van der Waals surface area contributed by atoms with Crippen LogP contribution in [0.1, 0.15) is 23.7 Å². The Morgan fingerprint density at radius 3 is 2.59 bits per heavy atom. The predicted octanol–water partition coefficient (Wildman–Crippen LogP) is 3.36. The second-order valence-corrected chi connectivity index (χ2v) is 7.52. The number of hydrogen-bond acceptors (Lipinski definition) is 4. The van der Waals surface area contributed by atoms with E-state index in [2.05, 4.69) is 6.92 Å². The predicted molar refractivity (Wildman–Crippen MR) is 113 cm³/mol. The van der Waals surface area contributed by atoms with E-state index >= 15 is 0 Å². The van der Waals surface area contributed by atoms with Crippen molar-refractivity contribution >= 4 is 5.91 Å². The molecule has 150 valence electrons. The molecule has 4 rings (SSSR count). The van der Waals surface area contributed by atoms with Crippen LogP contribution in [0.2, 0.25) is 0 Å². The van der Waals surface area contributed by atoms with Gasteiger partial charge < -0.3 is 15.4 Å². The Kier molecular flexibility index (Phi) is 5.36. The number of carbonyl (C=O) groups is 1. The molecular formula is C23H26N4O2. The van der Waals surface area contributed by atoms with E-state index in [1.807, 2.05) is 65.7 Å². The zero-order valence-corrected chi connectivity index (χ0v) is 16.8. The molecule has 1 aliphatic heterocycles. The van der Waals surface area contributed by atoms with Gasteiger partial charge in [0.15, 0.2) is 0 Å². The van der Waals surface area contributed by atoms with Crippen LogP contribution in [-0.4, -0.2) is 46.8 Å². The Morgan fingerprint density at radius 2 is 1.90 bits per heavy atom. The fraction of sp³-hybridized carbons (Fsp3) is 0.304. The van der Waals surface area contributed by atoms with Crippen molar-refractivity contribution in [2.45, 2.75) is 19.4 Å². The lowest BCUT2D eigenvalue weighted by Crippen LogP contribution is -2.34. The van der Waals surface area contributed by atoms with E-state index in [1.165, 1.54) is 0 Å². The molecule has 6 nitrogen and oxygen atoms in total. The second kappa shape index (κ2) is 8.09. The first-order chi connectivity index (χ1) is 14.1. The van der Waals surface area contributed by atoms with Gasteiger partial charge >= 0.3 is 0 Å². The molecule has 1 aliphatic rings. The van der Waals surface area contributed by atoms with E-state index in [9.17, 15) is 4.79 Å². The summed E-state index contributed by atoms with van der Waals surface area (Å²) in [6, 6.07) is 17.6. The maximum atomic E-state index is 13.5. The van der Waals surface area contributed by atoms with Crippen LogP contribution in [0.15, 0.2) is 60.8 Å². The third kappa shape index (κ3) is 3.63. The van der Waals surface area contributed by atoms with Crippen molar-refractivity contribution in [3.05, 3.63) is 66.4 Å². The maximum absolute atomic E-state index is 13.5. The summed E-state index contributed by atoms with van der Waals surface area (Å²) in [5.41, 5.74) is 8.76. The fourth-order valence-electron chi connectivity index (χ4n) is 4.03. The van der Waals surface area contributed by atoms with Crippen LogP contribution in [0.25, 0.3) is 16.9 Å². The largest absolute Gasteiger partial charge is 0.496 e. The highest BCUT2D eigenvalue weighted by Crippen LogP contribution is 2.34. The molecule has 0 bridgehead atoms. The zero-order chi connectivity index (χ0) is 20.4. The van der Waals surface area contributed by atoms with Crippen molar-refractivity contribution in [3.63, 3.8) is 0 Å². The minimum atomic E-state index is -0.0171. The Labute approximate surface area is 170 Å². The van der Waals surface area contributed by atoms with E-state index in [1.54, 1.807) is 11.8 Å². The summed E-state index contributed by atoms with van der Waals surface area (Å²) in [7, 11) is 1.63. The van der Waals surface area contributed by atoms with Crippen molar-refractivity contribution in [2.75, 3.05) is 20.2 Å². The number of para-hydroxylation sites is 2. The first-order valence-corrected chi connectivity index (χ1v) is 9.92. The van der Waals surface area contributed by atoms with Gasteiger partial charge in [-0.3, -0.25) is 4.79 Å². The lowest BCUT2D eigenvalue weighted by atomic mass is 10.1. The monoisotopic (exact) mass is 390 g/mol. The van der Waals surface area contributed by atoms with Crippen LogP contribution in [0.4, 0.5) is 0 Å². The number of rotatable bonds is 5. The lowest BCUT2D eigenvalue weighted by molar-refractivity contribution is 0.0744. The van der Waals surface area contributed by atoms with Crippen molar-refractivity contribution < 1.29 is 9.53 Å². The number of nitrogens with two attached hydrogens (primary N) is 1. The molecule has 1 aromatic heterocycles. The van der Waals surface area contributed by atoms with Gasteiger partial charge in [-0.1, -0.05) is 30.3 Å². The van der Waals surface area contributed by atoms with Crippen LogP contribution >= 0.6 is 0 Å². The molecule has 29 heavy (non-hydrogen) atoms. The molecule has 0 spiro atoms. The van der Waals surface area contributed by atoms with Crippen molar-refractivity contribution in [1.29, 1.82) is 0 Å². The summed E-state index contributed by atoms with van der Waals surface area (Å²) >= 11 is 0. The molecular weight excluding hydrogens is 364 g/mol. The average Bonchev–Trinajstić information content (AvgIpc) is 3.37. The van der Waals surface area contributed by atoms with E-state index in [0.29, 0.717) is 36.0 Å². The number of aromatic nitrogens is 2. The summed E-state index contributed by atoms with van der Waals surface area (Å²) in [4.78, 5) is 15.5. The van der Waals surface area contributed by atoms with Gasteiger partial charge in [-0.05, 0) is 50.1 Å². The van der Waals surface area contributed by atoms with Gasteiger partial charge in [0, 0.05) is 24.3 Å².